The van der Waals surface area contributed by atoms with Gasteiger partial charge in [-0.3, -0.25) is 4.79 Å². The van der Waals surface area contributed by atoms with E-state index in [0.29, 0.717) is 0 Å². The van der Waals surface area contributed by atoms with E-state index < -0.39 is 36.2 Å². The number of carbonyl (C=O) groups excluding carboxylic acids is 2. The van der Waals surface area contributed by atoms with E-state index in [-0.39, 0.29) is 13.0 Å². The number of aliphatic hydroxyl groups is 1. The molecule has 2 rings (SSSR count). The molecule has 0 aliphatic carbocycles. The lowest BCUT2D eigenvalue weighted by Gasteiger charge is -2.22. The molecule has 164 valence electrons. The molecule has 0 radical (unpaired) electrons. The van der Waals surface area contributed by atoms with Crippen molar-refractivity contribution in [3.63, 3.8) is 0 Å². The Kier molecular flexibility index (Phi) is 9.25. The minimum absolute atomic E-state index is 0.0111. The Hall–Kier alpha value is -3.65. The molecule has 0 bridgehead atoms. The van der Waals surface area contributed by atoms with E-state index >= 15 is 0 Å². The lowest BCUT2D eigenvalue weighted by atomic mass is 10.1. The van der Waals surface area contributed by atoms with Crippen LogP contribution in [0.15, 0.2) is 66.7 Å². The number of alkyl carbamates (subject to hydrolysis) is 1. The molecule has 2 amide bonds. The van der Waals surface area contributed by atoms with Crippen molar-refractivity contribution in [1.29, 1.82) is 0 Å². The monoisotopic (exact) mass is 426 g/mol. The van der Waals surface area contributed by atoms with Gasteiger partial charge in [-0.1, -0.05) is 72.8 Å². The van der Waals surface area contributed by atoms with E-state index in [4.69, 9.17) is 4.74 Å². The van der Waals surface area contributed by atoms with Gasteiger partial charge in [0, 0.05) is 0 Å². The maximum absolute atomic E-state index is 12.5. The molecule has 0 aliphatic heterocycles. The number of benzene rings is 2. The van der Waals surface area contributed by atoms with Crippen molar-refractivity contribution in [3.8, 4) is 0 Å². The summed E-state index contributed by atoms with van der Waals surface area (Å²) in [4.78, 5) is 36.1. The van der Waals surface area contributed by atoms with Crippen LogP contribution in [0.3, 0.4) is 0 Å². The number of ether oxygens (including phenoxy) is 1. The van der Waals surface area contributed by atoms with E-state index in [1.807, 2.05) is 36.4 Å². The highest BCUT2D eigenvalue weighted by Gasteiger charge is 2.29. The summed E-state index contributed by atoms with van der Waals surface area (Å²) in [7, 11) is 0. The number of nitrogens with one attached hydrogen (secondary N) is 2. The summed E-state index contributed by atoms with van der Waals surface area (Å²) >= 11 is 0. The third kappa shape index (κ3) is 8.31. The largest absolute Gasteiger partial charge is 0.480 e. The van der Waals surface area contributed by atoms with E-state index in [1.54, 1.807) is 36.4 Å². The van der Waals surface area contributed by atoms with Crippen molar-refractivity contribution in [2.45, 2.75) is 38.1 Å². The number of carbonyl (C=O) groups is 3. The second kappa shape index (κ2) is 12.1. The average molecular weight is 426 g/mol. The molecule has 0 unspecified atom stereocenters. The van der Waals surface area contributed by atoms with Crippen molar-refractivity contribution in [1.82, 2.24) is 10.6 Å². The SMILES string of the molecule is C[C@@H](O)[C@H](NC(=O)OCc1ccccc1)C(=O)N[C@H](C/C=C/c1ccccc1)C(=O)O. The Morgan fingerprint density at radius 1 is 1.00 bits per heavy atom. The summed E-state index contributed by atoms with van der Waals surface area (Å²) in [6.45, 7) is 1.30. The summed E-state index contributed by atoms with van der Waals surface area (Å²) in [5.41, 5.74) is 1.65. The van der Waals surface area contributed by atoms with Crippen LogP contribution in [-0.2, 0) is 20.9 Å². The summed E-state index contributed by atoms with van der Waals surface area (Å²) in [5, 5.41) is 23.9. The standard InChI is InChI=1S/C23H26N2O6/c1-16(26)20(25-23(30)31-15-18-11-6-3-7-12-18)21(27)24-19(22(28)29)14-8-13-17-9-4-2-5-10-17/h2-13,16,19-20,26H,14-15H2,1H3,(H,24,27)(H,25,30)(H,28,29)/b13-8+/t16-,19-,20+/m1/s1. The minimum atomic E-state index is -1.37. The molecular formula is C23H26N2O6. The van der Waals surface area contributed by atoms with Gasteiger partial charge in [-0.15, -0.1) is 0 Å². The first-order valence-corrected chi connectivity index (χ1v) is 9.77. The quantitative estimate of drug-likeness (QED) is 0.462. The van der Waals surface area contributed by atoms with E-state index in [1.165, 1.54) is 6.92 Å². The summed E-state index contributed by atoms with van der Waals surface area (Å²) in [5.74, 6) is -2.06. The Morgan fingerprint density at radius 2 is 1.61 bits per heavy atom. The Bertz CT molecular complexity index is 883. The maximum atomic E-state index is 12.5. The number of carboxylic acid groups (broad SMARTS) is 1. The van der Waals surface area contributed by atoms with Crippen molar-refractivity contribution < 1.29 is 29.3 Å². The fourth-order valence-electron chi connectivity index (χ4n) is 2.68. The van der Waals surface area contributed by atoms with Crippen molar-refractivity contribution in [2.75, 3.05) is 0 Å². The molecule has 0 aliphatic rings. The molecule has 4 N–H and O–H groups in total. The molecule has 0 spiro atoms. The van der Waals surface area contributed by atoms with Crippen molar-refractivity contribution in [2.24, 2.45) is 0 Å². The van der Waals surface area contributed by atoms with Crippen molar-refractivity contribution in [3.05, 3.63) is 77.9 Å². The number of hydrogen-bond donors (Lipinski definition) is 4. The zero-order valence-electron chi connectivity index (χ0n) is 17.1. The van der Waals surface area contributed by atoms with Gasteiger partial charge < -0.3 is 25.6 Å². The minimum Gasteiger partial charge on any atom is -0.480 e. The highest BCUT2D eigenvalue weighted by Crippen LogP contribution is 2.05. The lowest BCUT2D eigenvalue weighted by Crippen LogP contribution is -2.55. The number of aliphatic hydroxyl groups excluding tert-OH is 1. The lowest BCUT2D eigenvalue weighted by molar-refractivity contribution is -0.142. The molecule has 8 nitrogen and oxygen atoms in total. The predicted molar refractivity (Wildman–Crippen MR) is 115 cm³/mol. The molecule has 0 saturated heterocycles. The summed E-state index contributed by atoms with van der Waals surface area (Å²) < 4.78 is 5.06. The van der Waals surface area contributed by atoms with Gasteiger partial charge in [0.25, 0.3) is 0 Å². The molecule has 8 heteroatoms. The molecule has 2 aromatic rings. The van der Waals surface area contributed by atoms with Crippen LogP contribution < -0.4 is 10.6 Å². The fourth-order valence-corrected chi connectivity index (χ4v) is 2.68. The molecule has 0 heterocycles. The topological polar surface area (TPSA) is 125 Å². The van der Waals surface area contributed by atoms with Gasteiger partial charge in [0.2, 0.25) is 5.91 Å². The van der Waals surface area contributed by atoms with Crippen LogP contribution in [0.1, 0.15) is 24.5 Å². The molecular weight excluding hydrogens is 400 g/mol. The fraction of sp³-hybridized carbons (Fsp3) is 0.261. The van der Waals surface area contributed by atoms with Gasteiger partial charge in [0.15, 0.2) is 0 Å². The van der Waals surface area contributed by atoms with Gasteiger partial charge in [-0.25, -0.2) is 9.59 Å². The molecule has 2 aromatic carbocycles. The predicted octanol–water partition coefficient (Wildman–Crippen LogP) is 2.34. The van der Waals surface area contributed by atoms with Gasteiger partial charge in [-0.2, -0.15) is 0 Å². The number of amides is 2. The number of carboxylic acids is 1. The first kappa shape index (κ1) is 23.6. The number of hydrogen-bond acceptors (Lipinski definition) is 5. The Labute approximate surface area is 180 Å². The first-order valence-electron chi connectivity index (χ1n) is 9.77. The van der Waals surface area contributed by atoms with Gasteiger partial charge >= 0.3 is 12.1 Å². The van der Waals surface area contributed by atoms with Crippen LogP contribution >= 0.6 is 0 Å². The van der Waals surface area contributed by atoms with Crippen LogP contribution in [-0.4, -0.2) is 46.4 Å². The molecule has 3 atom stereocenters. The van der Waals surface area contributed by atoms with Crippen LogP contribution in [0.4, 0.5) is 4.79 Å². The van der Waals surface area contributed by atoms with Crippen LogP contribution in [0.2, 0.25) is 0 Å². The molecule has 0 saturated carbocycles. The van der Waals surface area contributed by atoms with Crippen molar-refractivity contribution >= 4 is 24.0 Å². The summed E-state index contributed by atoms with van der Waals surface area (Å²) in [6.07, 6.45) is 1.24. The number of aliphatic carboxylic acids is 1. The van der Waals surface area contributed by atoms with Gasteiger partial charge in [-0.05, 0) is 24.5 Å². The smallest absolute Gasteiger partial charge is 0.408 e. The van der Waals surface area contributed by atoms with Crippen LogP contribution in [0.25, 0.3) is 6.08 Å². The zero-order chi connectivity index (χ0) is 22.6. The normalized spacial score (nSPS) is 13.7. The third-order valence-corrected chi connectivity index (χ3v) is 4.35. The number of rotatable bonds is 10. The molecule has 31 heavy (non-hydrogen) atoms. The second-order valence-corrected chi connectivity index (χ2v) is 6.87. The Morgan fingerprint density at radius 3 is 2.19 bits per heavy atom. The third-order valence-electron chi connectivity index (χ3n) is 4.35. The first-order chi connectivity index (χ1) is 14.9. The average Bonchev–Trinajstić information content (AvgIpc) is 2.76. The highest BCUT2D eigenvalue weighted by atomic mass is 16.5. The van der Waals surface area contributed by atoms with Crippen LogP contribution in [0, 0.1) is 0 Å². The summed E-state index contributed by atoms with van der Waals surface area (Å²) in [6, 6.07) is 15.6. The van der Waals surface area contributed by atoms with Gasteiger partial charge in [0.05, 0.1) is 6.10 Å². The maximum Gasteiger partial charge on any atom is 0.408 e. The highest BCUT2D eigenvalue weighted by molar-refractivity contribution is 5.89. The van der Waals surface area contributed by atoms with E-state index in [2.05, 4.69) is 10.6 Å². The van der Waals surface area contributed by atoms with E-state index in [0.717, 1.165) is 11.1 Å². The molecule has 0 fully saturated rings. The second-order valence-electron chi connectivity index (χ2n) is 6.87. The Balaban J connectivity index is 1.92. The van der Waals surface area contributed by atoms with Crippen LogP contribution in [0.5, 0.6) is 0 Å². The van der Waals surface area contributed by atoms with Gasteiger partial charge in [0.1, 0.15) is 18.7 Å². The van der Waals surface area contributed by atoms with E-state index in [9.17, 15) is 24.6 Å². The zero-order valence-corrected chi connectivity index (χ0v) is 17.1. The molecule has 0 aromatic heterocycles.